The van der Waals surface area contributed by atoms with E-state index in [1.54, 1.807) is 35.2 Å². The number of nitro groups is 1. The number of imide groups is 1. The number of carbonyl (C=O) groups is 3. The van der Waals surface area contributed by atoms with Gasteiger partial charge in [0.05, 0.1) is 4.92 Å². The number of hydrogen-bond acceptors (Lipinski definition) is 5. The molecule has 4 aromatic carbocycles. The standard InChI is InChI=1S/C34H31N3O5/c1-34(2,3)25-15-17-26(18-16-25)35(30(38)19-14-23-8-4-11-27(22-23)37(41)42)20-7-21-36-32(39)28-12-5-9-24-10-6-13-29(31(24)28)33(36)40/h4-6,8-19,22H,7,20-21H2,1-3H3. The second-order valence-electron chi connectivity index (χ2n) is 11.3. The molecule has 8 heteroatoms. The maximum absolute atomic E-state index is 13.5. The second-order valence-corrected chi connectivity index (χ2v) is 11.3. The van der Waals surface area contributed by atoms with Crippen LogP contribution in [0.2, 0.25) is 0 Å². The van der Waals surface area contributed by atoms with Crippen LogP contribution in [0.1, 0.15) is 59.0 Å². The molecule has 1 aliphatic rings. The van der Waals surface area contributed by atoms with Gasteiger partial charge in [0.25, 0.3) is 23.4 Å². The van der Waals surface area contributed by atoms with Crippen molar-refractivity contribution in [3.8, 4) is 0 Å². The molecule has 1 heterocycles. The normalized spacial score (nSPS) is 13.2. The van der Waals surface area contributed by atoms with Crippen LogP contribution in [0, 0.1) is 10.1 Å². The lowest BCUT2D eigenvalue weighted by atomic mass is 9.87. The number of nitro benzene ring substituents is 1. The van der Waals surface area contributed by atoms with E-state index in [2.05, 4.69) is 20.8 Å². The van der Waals surface area contributed by atoms with E-state index in [9.17, 15) is 24.5 Å². The van der Waals surface area contributed by atoms with Crippen molar-refractivity contribution in [1.29, 1.82) is 0 Å². The van der Waals surface area contributed by atoms with Crippen molar-refractivity contribution in [2.45, 2.75) is 32.6 Å². The Hall–Kier alpha value is -5.11. The molecule has 0 aromatic heterocycles. The average molecular weight is 562 g/mol. The maximum Gasteiger partial charge on any atom is 0.270 e. The Morgan fingerprint density at radius 1 is 0.905 bits per heavy atom. The first-order valence-corrected chi connectivity index (χ1v) is 13.8. The molecule has 42 heavy (non-hydrogen) atoms. The Balaban J connectivity index is 1.37. The van der Waals surface area contributed by atoms with Crippen molar-refractivity contribution in [2.75, 3.05) is 18.0 Å². The monoisotopic (exact) mass is 561 g/mol. The quantitative estimate of drug-likeness (QED) is 0.102. The summed E-state index contributed by atoms with van der Waals surface area (Å²) in [5, 5.41) is 12.7. The molecule has 0 spiro atoms. The molecule has 0 atom stereocenters. The molecule has 212 valence electrons. The lowest BCUT2D eigenvalue weighted by Crippen LogP contribution is -2.42. The van der Waals surface area contributed by atoms with Gasteiger partial charge in [0.2, 0.25) is 0 Å². The summed E-state index contributed by atoms with van der Waals surface area (Å²) in [5.74, 6) is -1.01. The highest BCUT2D eigenvalue weighted by atomic mass is 16.6. The van der Waals surface area contributed by atoms with E-state index in [1.807, 2.05) is 48.5 Å². The van der Waals surface area contributed by atoms with Crippen LogP contribution in [0.4, 0.5) is 11.4 Å². The number of nitrogens with zero attached hydrogens (tertiary/aromatic N) is 3. The lowest BCUT2D eigenvalue weighted by molar-refractivity contribution is -0.384. The highest BCUT2D eigenvalue weighted by molar-refractivity contribution is 6.25. The van der Waals surface area contributed by atoms with Gasteiger partial charge < -0.3 is 4.90 Å². The predicted molar refractivity (Wildman–Crippen MR) is 164 cm³/mol. The van der Waals surface area contributed by atoms with E-state index < -0.39 is 4.92 Å². The summed E-state index contributed by atoms with van der Waals surface area (Å²) in [6.45, 7) is 6.71. The molecule has 0 radical (unpaired) electrons. The number of carbonyl (C=O) groups excluding carboxylic acids is 3. The Morgan fingerprint density at radius 3 is 2.12 bits per heavy atom. The zero-order valence-corrected chi connectivity index (χ0v) is 23.7. The van der Waals surface area contributed by atoms with Gasteiger partial charge in [-0.3, -0.25) is 29.4 Å². The smallest absolute Gasteiger partial charge is 0.270 e. The Kier molecular flexibility index (Phi) is 7.72. The van der Waals surface area contributed by atoms with Crippen molar-refractivity contribution >= 4 is 45.9 Å². The van der Waals surface area contributed by atoms with Crippen LogP contribution in [-0.4, -0.2) is 40.6 Å². The van der Waals surface area contributed by atoms with Crippen molar-refractivity contribution in [1.82, 2.24) is 4.90 Å². The number of benzene rings is 4. The number of hydrogen-bond donors (Lipinski definition) is 0. The topological polar surface area (TPSA) is 101 Å². The number of anilines is 1. The highest BCUT2D eigenvalue weighted by Crippen LogP contribution is 2.30. The second kappa shape index (κ2) is 11.4. The van der Waals surface area contributed by atoms with Crippen LogP contribution in [0.5, 0.6) is 0 Å². The molecule has 1 aliphatic heterocycles. The number of rotatable bonds is 8. The third kappa shape index (κ3) is 5.69. The first-order chi connectivity index (χ1) is 20.0. The summed E-state index contributed by atoms with van der Waals surface area (Å²) in [4.78, 5) is 53.6. The molecule has 8 nitrogen and oxygen atoms in total. The fourth-order valence-corrected chi connectivity index (χ4v) is 5.18. The molecule has 4 aromatic rings. The Bertz CT molecular complexity index is 1680. The zero-order chi connectivity index (χ0) is 30.0. The molecular weight excluding hydrogens is 530 g/mol. The molecule has 5 rings (SSSR count). The minimum Gasteiger partial charge on any atom is -0.309 e. The zero-order valence-electron chi connectivity index (χ0n) is 23.7. The SMILES string of the molecule is CC(C)(C)c1ccc(N(CCCN2C(=O)c3cccc4cccc(c34)C2=O)C(=O)C=Cc2cccc([N+](=O)[O-])c2)cc1. The molecule has 0 bridgehead atoms. The van der Waals surface area contributed by atoms with Crippen LogP contribution in [0.25, 0.3) is 16.8 Å². The lowest BCUT2D eigenvalue weighted by Gasteiger charge is -2.28. The van der Waals surface area contributed by atoms with E-state index in [1.165, 1.54) is 23.1 Å². The minimum atomic E-state index is -0.482. The molecule has 0 unspecified atom stereocenters. The average Bonchev–Trinajstić information content (AvgIpc) is 2.98. The van der Waals surface area contributed by atoms with E-state index in [0.717, 1.165) is 10.9 Å². The molecule has 0 saturated carbocycles. The largest absolute Gasteiger partial charge is 0.309 e. The third-order valence-electron chi connectivity index (χ3n) is 7.43. The fraction of sp³-hybridized carbons (Fsp3) is 0.206. The van der Waals surface area contributed by atoms with Crippen LogP contribution in [0.3, 0.4) is 0 Å². The minimum absolute atomic E-state index is 0.0626. The summed E-state index contributed by atoms with van der Waals surface area (Å²) in [7, 11) is 0. The summed E-state index contributed by atoms with van der Waals surface area (Å²) in [5.41, 5.74) is 3.17. The van der Waals surface area contributed by atoms with Crippen molar-refractivity contribution < 1.29 is 19.3 Å². The molecular formula is C34H31N3O5. The number of amides is 3. The van der Waals surface area contributed by atoms with Crippen LogP contribution in [0.15, 0.2) is 91.0 Å². The Morgan fingerprint density at radius 2 is 1.52 bits per heavy atom. The molecule has 0 aliphatic carbocycles. The summed E-state index contributed by atoms with van der Waals surface area (Å²) in [6.07, 6.45) is 3.28. The molecule has 3 amide bonds. The van der Waals surface area contributed by atoms with Crippen molar-refractivity contribution in [3.05, 3.63) is 123 Å². The number of non-ortho nitro benzene ring substituents is 1. The predicted octanol–water partition coefficient (Wildman–Crippen LogP) is 6.78. The molecule has 0 saturated heterocycles. The first kappa shape index (κ1) is 28.4. The van der Waals surface area contributed by atoms with Gasteiger partial charge in [0.15, 0.2) is 0 Å². The summed E-state index contributed by atoms with van der Waals surface area (Å²) < 4.78 is 0. The van der Waals surface area contributed by atoms with E-state index in [4.69, 9.17) is 0 Å². The first-order valence-electron chi connectivity index (χ1n) is 13.8. The van der Waals surface area contributed by atoms with Gasteiger partial charge in [0.1, 0.15) is 0 Å². The van der Waals surface area contributed by atoms with Crippen LogP contribution in [-0.2, 0) is 10.2 Å². The van der Waals surface area contributed by atoms with Gasteiger partial charge >= 0.3 is 0 Å². The van der Waals surface area contributed by atoms with Crippen molar-refractivity contribution in [3.63, 3.8) is 0 Å². The van der Waals surface area contributed by atoms with Gasteiger partial charge in [0, 0.05) is 53.5 Å². The van der Waals surface area contributed by atoms with Crippen LogP contribution < -0.4 is 4.90 Å². The van der Waals surface area contributed by atoms with Gasteiger partial charge in [-0.25, -0.2) is 0 Å². The van der Waals surface area contributed by atoms with E-state index in [0.29, 0.717) is 34.2 Å². The van der Waals surface area contributed by atoms with Gasteiger partial charge in [-0.2, -0.15) is 0 Å². The molecule has 0 N–H and O–H groups in total. The van der Waals surface area contributed by atoms with E-state index in [-0.39, 0.29) is 41.9 Å². The summed E-state index contributed by atoms with van der Waals surface area (Å²) >= 11 is 0. The fourth-order valence-electron chi connectivity index (χ4n) is 5.18. The van der Waals surface area contributed by atoms with Gasteiger partial charge in [-0.15, -0.1) is 0 Å². The summed E-state index contributed by atoms with van der Waals surface area (Å²) in [6, 6.07) is 24.6. The molecule has 0 fully saturated rings. The van der Waals surface area contributed by atoms with Gasteiger partial charge in [-0.05, 0) is 58.7 Å². The van der Waals surface area contributed by atoms with Gasteiger partial charge in [-0.1, -0.05) is 69.3 Å². The third-order valence-corrected chi connectivity index (χ3v) is 7.43. The maximum atomic E-state index is 13.5. The Labute approximate surface area is 244 Å². The highest BCUT2D eigenvalue weighted by Gasteiger charge is 2.32. The van der Waals surface area contributed by atoms with Crippen LogP contribution >= 0.6 is 0 Å². The van der Waals surface area contributed by atoms with Crippen molar-refractivity contribution in [2.24, 2.45) is 0 Å². The van der Waals surface area contributed by atoms with E-state index >= 15 is 0 Å².